The van der Waals surface area contributed by atoms with Gasteiger partial charge in [0.25, 0.3) is 10.0 Å². The Kier molecular flexibility index (Phi) is 7.62. The quantitative estimate of drug-likeness (QED) is 0.541. The van der Waals surface area contributed by atoms with E-state index < -0.39 is 10.0 Å². The molecule has 3 N–H and O–H groups in total. The molecule has 1 heterocycles. The van der Waals surface area contributed by atoms with Crippen molar-refractivity contribution in [3.8, 4) is 0 Å². The molecule has 23 heavy (non-hydrogen) atoms. The molecule has 2 amide bonds. The minimum atomic E-state index is -3.73. The summed E-state index contributed by atoms with van der Waals surface area (Å²) < 4.78 is 26.7. The van der Waals surface area contributed by atoms with Crippen molar-refractivity contribution in [3.63, 3.8) is 0 Å². The standard InChI is InChI=1S/C13H22N4O4S2/c1-10(18)15-8-11-4-5-13(22-11)23(20,21)16-9-12(19)17(3)7-6-14-2/h4-5,14,16H,6-9H2,1-3H3,(H,15,18). The highest BCUT2D eigenvalue weighted by molar-refractivity contribution is 7.91. The Morgan fingerprint density at radius 2 is 2.00 bits per heavy atom. The molecule has 0 aromatic carbocycles. The van der Waals surface area contributed by atoms with E-state index in [2.05, 4.69) is 15.4 Å². The third kappa shape index (κ3) is 6.65. The van der Waals surface area contributed by atoms with Gasteiger partial charge in [0, 0.05) is 31.9 Å². The van der Waals surface area contributed by atoms with Crippen LogP contribution in [0.5, 0.6) is 0 Å². The number of thiophene rings is 1. The molecular formula is C13H22N4O4S2. The zero-order valence-corrected chi connectivity index (χ0v) is 15.0. The van der Waals surface area contributed by atoms with Crippen LogP contribution in [0.25, 0.3) is 0 Å². The maximum Gasteiger partial charge on any atom is 0.250 e. The summed E-state index contributed by atoms with van der Waals surface area (Å²) in [5, 5.41) is 5.51. The number of rotatable bonds is 9. The predicted octanol–water partition coefficient (Wildman–Crippen LogP) is -0.660. The summed E-state index contributed by atoms with van der Waals surface area (Å²) in [4.78, 5) is 24.9. The number of nitrogens with one attached hydrogen (secondary N) is 3. The Bertz CT molecular complexity index is 642. The van der Waals surface area contributed by atoms with Gasteiger partial charge in [-0.3, -0.25) is 9.59 Å². The van der Waals surface area contributed by atoms with E-state index in [9.17, 15) is 18.0 Å². The molecule has 1 rings (SSSR count). The monoisotopic (exact) mass is 362 g/mol. The third-order valence-corrected chi connectivity index (χ3v) is 5.93. The first-order chi connectivity index (χ1) is 10.8. The van der Waals surface area contributed by atoms with Gasteiger partial charge in [-0.2, -0.15) is 0 Å². The SMILES string of the molecule is CNCCN(C)C(=O)CNS(=O)(=O)c1ccc(CNC(C)=O)s1. The topological polar surface area (TPSA) is 108 Å². The number of carbonyl (C=O) groups excluding carboxylic acids is 2. The Morgan fingerprint density at radius 3 is 2.61 bits per heavy atom. The lowest BCUT2D eigenvalue weighted by molar-refractivity contribution is -0.128. The van der Waals surface area contributed by atoms with Crippen molar-refractivity contribution >= 4 is 33.2 Å². The fraction of sp³-hybridized carbons (Fsp3) is 0.538. The highest BCUT2D eigenvalue weighted by atomic mass is 32.2. The van der Waals surface area contributed by atoms with Gasteiger partial charge in [-0.05, 0) is 19.2 Å². The molecule has 0 aliphatic heterocycles. The molecule has 1 aromatic rings. The number of likely N-dealkylation sites (N-methyl/N-ethyl adjacent to an activating group) is 2. The molecule has 0 fully saturated rings. The van der Waals surface area contributed by atoms with Crippen LogP contribution in [-0.2, 0) is 26.2 Å². The Balaban J connectivity index is 2.58. The van der Waals surface area contributed by atoms with Crippen molar-refractivity contribution in [1.29, 1.82) is 0 Å². The molecule has 1 aromatic heterocycles. The van der Waals surface area contributed by atoms with Gasteiger partial charge in [0.05, 0.1) is 13.1 Å². The van der Waals surface area contributed by atoms with Gasteiger partial charge >= 0.3 is 0 Å². The summed E-state index contributed by atoms with van der Waals surface area (Å²) in [7, 11) is -0.345. The van der Waals surface area contributed by atoms with Gasteiger partial charge in [-0.15, -0.1) is 11.3 Å². The van der Waals surface area contributed by atoms with Crippen LogP contribution >= 0.6 is 11.3 Å². The van der Waals surface area contributed by atoms with Crippen LogP contribution in [0.3, 0.4) is 0 Å². The highest BCUT2D eigenvalue weighted by Gasteiger charge is 2.19. The van der Waals surface area contributed by atoms with Crippen molar-refractivity contribution in [3.05, 3.63) is 17.0 Å². The van der Waals surface area contributed by atoms with E-state index in [-0.39, 0.29) is 29.1 Å². The largest absolute Gasteiger partial charge is 0.351 e. The second-order valence-electron chi connectivity index (χ2n) is 4.87. The number of carbonyl (C=O) groups is 2. The first kappa shape index (κ1) is 19.6. The second-order valence-corrected chi connectivity index (χ2v) is 8.04. The number of sulfonamides is 1. The smallest absolute Gasteiger partial charge is 0.250 e. The van der Waals surface area contributed by atoms with Gasteiger partial charge in [0.15, 0.2) is 0 Å². The first-order valence-corrected chi connectivity index (χ1v) is 9.27. The molecule has 0 aliphatic carbocycles. The fourth-order valence-electron chi connectivity index (χ4n) is 1.58. The van der Waals surface area contributed by atoms with Gasteiger partial charge in [0.2, 0.25) is 11.8 Å². The zero-order valence-electron chi connectivity index (χ0n) is 13.4. The summed E-state index contributed by atoms with van der Waals surface area (Å²) in [5.74, 6) is -0.491. The fourth-order valence-corrected chi connectivity index (χ4v) is 3.89. The normalized spacial score (nSPS) is 11.3. The summed E-state index contributed by atoms with van der Waals surface area (Å²) in [5.41, 5.74) is 0. The van der Waals surface area contributed by atoms with Crippen molar-refractivity contribution < 1.29 is 18.0 Å². The summed E-state index contributed by atoms with van der Waals surface area (Å²) in [6.45, 7) is 2.51. The highest BCUT2D eigenvalue weighted by Crippen LogP contribution is 2.21. The van der Waals surface area contributed by atoms with E-state index in [0.29, 0.717) is 13.1 Å². The molecule has 10 heteroatoms. The number of amides is 2. The minimum absolute atomic E-state index is 0.114. The predicted molar refractivity (Wildman–Crippen MR) is 88.6 cm³/mol. The summed E-state index contributed by atoms with van der Waals surface area (Å²) in [6.07, 6.45) is 0. The van der Waals surface area contributed by atoms with Gasteiger partial charge < -0.3 is 15.5 Å². The third-order valence-electron chi connectivity index (χ3n) is 2.95. The lowest BCUT2D eigenvalue weighted by Crippen LogP contribution is -2.40. The Labute approximate surface area is 140 Å². The van der Waals surface area contributed by atoms with Crippen LogP contribution in [0.15, 0.2) is 16.3 Å². The van der Waals surface area contributed by atoms with E-state index in [1.807, 2.05) is 0 Å². The molecule has 0 saturated carbocycles. The Hall–Kier alpha value is -1.49. The van der Waals surface area contributed by atoms with E-state index in [4.69, 9.17) is 0 Å². The second kappa shape index (κ2) is 8.96. The van der Waals surface area contributed by atoms with Crippen LogP contribution in [0, 0.1) is 0 Å². The minimum Gasteiger partial charge on any atom is -0.351 e. The van der Waals surface area contributed by atoms with Crippen LogP contribution in [-0.4, -0.2) is 58.9 Å². The zero-order chi connectivity index (χ0) is 17.5. The molecule has 0 bridgehead atoms. The van der Waals surface area contributed by atoms with Crippen LogP contribution in [0.1, 0.15) is 11.8 Å². The first-order valence-electron chi connectivity index (χ1n) is 6.97. The molecule has 0 atom stereocenters. The van der Waals surface area contributed by atoms with Crippen LogP contribution < -0.4 is 15.4 Å². The van der Waals surface area contributed by atoms with E-state index >= 15 is 0 Å². The van der Waals surface area contributed by atoms with Crippen LogP contribution in [0.4, 0.5) is 0 Å². The average Bonchev–Trinajstić information content (AvgIpc) is 2.98. The van der Waals surface area contributed by atoms with E-state index in [0.717, 1.165) is 16.2 Å². The molecule has 0 spiro atoms. The Morgan fingerprint density at radius 1 is 1.30 bits per heavy atom. The van der Waals surface area contributed by atoms with Gasteiger partial charge in [-0.1, -0.05) is 0 Å². The molecular weight excluding hydrogens is 340 g/mol. The van der Waals surface area contributed by atoms with Gasteiger partial charge in [-0.25, -0.2) is 13.1 Å². The maximum absolute atomic E-state index is 12.2. The number of hydrogen-bond acceptors (Lipinski definition) is 6. The van der Waals surface area contributed by atoms with Crippen molar-refractivity contribution in [1.82, 2.24) is 20.3 Å². The van der Waals surface area contributed by atoms with Crippen molar-refractivity contribution in [2.45, 2.75) is 17.7 Å². The number of hydrogen-bond donors (Lipinski definition) is 3. The van der Waals surface area contributed by atoms with Crippen LogP contribution in [0.2, 0.25) is 0 Å². The molecule has 0 aliphatic rings. The molecule has 0 radical (unpaired) electrons. The van der Waals surface area contributed by atoms with Gasteiger partial charge in [0.1, 0.15) is 4.21 Å². The lowest BCUT2D eigenvalue weighted by Gasteiger charge is -2.16. The molecule has 0 unspecified atom stereocenters. The van der Waals surface area contributed by atoms with Crippen molar-refractivity contribution in [2.75, 3.05) is 33.7 Å². The molecule has 0 saturated heterocycles. The maximum atomic E-state index is 12.2. The van der Waals surface area contributed by atoms with E-state index in [1.165, 1.54) is 17.9 Å². The molecule has 8 nitrogen and oxygen atoms in total. The summed E-state index contributed by atoms with van der Waals surface area (Å²) >= 11 is 1.06. The average molecular weight is 362 g/mol. The number of nitrogens with zero attached hydrogens (tertiary/aromatic N) is 1. The molecule has 130 valence electrons. The van der Waals surface area contributed by atoms with E-state index in [1.54, 1.807) is 20.2 Å². The lowest BCUT2D eigenvalue weighted by atomic mass is 10.4. The summed E-state index contributed by atoms with van der Waals surface area (Å²) in [6, 6.07) is 3.09. The van der Waals surface area contributed by atoms with Crippen molar-refractivity contribution in [2.24, 2.45) is 0 Å².